The van der Waals surface area contributed by atoms with Gasteiger partial charge in [-0.2, -0.15) is 0 Å². The molecule has 0 saturated heterocycles. The molecule has 1 aromatic carbocycles. The fourth-order valence-corrected chi connectivity index (χ4v) is 2.75. The fourth-order valence-electron chi connectivity index (χ4n) is 2.42. The number of amides is 1. The average Bonchev–Trinajstić information content (AvgIpc) is 2.72. The summed E-state index contributed by atoms with van der Waals surface area (Å²) in [6.07, 6.45) is 2.55. The van der Waals surface area contributed by atoms with Crippen molar-refractivity contribution >= 4 is 29.0 Å². The van der Waals surface area contributed by atoms with E-state index >= 15 is 0 Å². The van der Waals surface area contributed by atoms with Crippen molar-refractivity contribution in [3.8, 4) is 0 Å². The number of ketones is 1. The second kappa shape index (κ2) is 4.95. The van der Waals surface area contributed by atoms with Crippen LogP contribution in [0.1, 0.15) is 22.3 Å². The highest BCUT2D eigenvalue weighted by atomic mass is 35.5. The van der Waals surface area contributed by atoms with Gasteiger partial charge in [-0.25, -0.2) is 0 Å². The van der Waals surface area contributed by atoms with E-state index in [0.717, 1.165) is 0 Å². The number of carbonyl (C=O) groups excluding carboxylic acids is 2. The number of hydrogen-bond donors (Lipinski definition) is 2. The lowest BCUT2D eigenvalue weighted by Crippen LogP contribution is -2.36. The topological polar surface area (TPSA) is 79.3 Å². The van der Waals surface area contributed by atoms with Crippen LogP contribution in [0, 0.1) is 0 Å². The summed E-state index contributed by atoms with van der Waals surface area (Å²) in [5.41, 5.74) is -0.956. The molecular formula is C15H11ClN2O3. The Hall–Kier alpha value is -2.24. The average molecular weight is 303 g/mol. The monoisotopic (exact) mass is 302 g/mol. The van der Waals surface area contributed by atoms with Crippen LogP contribution in [-0.4, -0.2) is 21.8 Å². The fraction of sp³-hybridized carbons (Fsp3) is 0.133. The van der Waals surface area contributed by atoms with E-state index in [9.17, 15) is 14.7 Å². The molecule has 2 N–H and O–H groups in total. The van der Waals surface area contributed by atoms with Crippen molar-refractivity contribution < 1.29 is 14.7 Å². The van der Waals surface area contributed by atoms with Crippen molar-refractivity contribution in [2.24, 2.45) is 0 Å². The molecule has 1 aromatic heterocycles. The van der Waals surface area contributed by atoms with Gasteiger partial charge < -0.3 is 10.4 Å². The maximum atomic E-state index is 12.2. The van der Waals surface area contributed by atoms with Crippen LogP contribution in [0.2, 0.25) is 5.02 Å². The van der Waals surface area contributed by atoms with E-state index in [1.165, 1.54) is 6.20 Å². The molecule has 0 saturated carbocycles. The number of aliphatic hydroxyl groups is 1. The molecule has 1 atom stereocenters. The molecule has 1 aliphatic heterocycles. The smallest absolute Gasteiger partial charge is 0.261 e. The molecule has 0 aliphatic carbocycles. The number of rotatable bonds is 3. The van der Waals surface area contributed by atoms with Crippen LogP contribution in [0.15, 0.2) is 42.7 Å². The predicted molar refractivity (Wildman–Crippen MR) is 77.2 cm³/mol. The van der Waals surface area contributed by atoms with Gasteiger partial charge in [0.2, 0.25) is 0 Å². The highest BCUT2D eigenvalue weighted by Gasteiger charge is 2.48. The van der Waals surface area contributed by atoms with Gasteiger partial charge in [0.1, 0.15) is 0 Å². The van der Waals surface area contributed by atoms with Crippen molar-refractivity contribution in [3.05, 3.63) is 58.9 Å². The standard InChI is InChI=1S/C15H11ClN2O3/c16-10-4-1-5-11-13(10)15(21,14(20)18-11)7-12(19)9-3-2-6-17-8-9/h1-6,8,21H,7H2,(H,18,20). The summed E-state index contributed by atoms with van der Waals surface area (Å²) in [6, 6.07) is 8.06. The zero-order valence-electron chi connectivity index (χ0n) is 10.8. The predicted octanol–water partition coefficient (Wildman–Crippen LogP) is 2.15. The lowest BCUT2D eigenvalue weighted by Gasteiger charge is -2.20. The third kappa shape index (κ3) is 2.20. The zero-order chi connectivity index (χ0) is 15.0. The van der Waals surface area contributed by atoms with Gasteiger partial charge >= 0.3 is 0 Å². The lowest BCUT2D eigenvalue weighted by atomic mass is 9.88. The second-order valence-electron chi connectivity index (χ2n) is 4.82. The first-order valence-electron chi connectivity index (χ1n) is 6.28. The quantitative estimate of drug-likeness (QED) is 0.851. The normalized spacial score (nSPS) is 20.0. The molecule has 6 heteroatoms. The van der Waals surface area contributed by atoms with Gasteiger partial charge in [0, 0.05) is 34.2 Å². The number of aromatic nitrogens is 1. The summed E-state index contributed by atoms with van der Waals surface area (Å²) < 4.78 is 0. The molecule has 106 valence electrons. The Morgan fingerprint density at radius 2 is 2.14 bits per heavy atom. The van der Waals surface area contributed by atoms with Crippen LogP contribution in [0.25, 0.3) is 0 Å². The van der Waals surface area contributed by atoms with Crippen molar-refractivity contribution in [2.75, 3.05) is 5.32 Å². The highest BCUT2D eigenvalue weighted by Crippen LogP contribution is 2.42. The number of halogens is 1. The van der Waals surface area contributed by atoms with Crippen LogP contribution in [0.4, 0.5) is 5.69 Å². The summed E-state index contributed by atoms with van der Waals surface area (Å²) in [4.78, 5) is 28.2. The summed E-state index contributed by atoms with van der Waals surface area (Å²) in [5.74, 6) is -1.03. The molecule has 0 spiro atoms. The van der Waals surface area contributed by atoms with E-state index in [1.54, 1.807) is 36.5 Å². The van der Waals surface area contributed by atoms with E-state index in [2.05, 4.69) is 10.3 Å². The van der Waals surface area contributed by atoms with E-state index in [1.807, 2.05) is 0 Å². The number of hydrogen-bond acceptors (Lipinski definition) is 4. The first-order valence-corrected chi connectivity index (χ1v) is 6.66. The van der Waals surface area contributed by atoms with Gasteiger partial charge in [0.05, 0.1) is 6.42 Å². The van der Waals surface area contributed by atoms with Crippen LogP contribution in [0.5, 0.6) is 0 Å². The molecule has 5 nitrogen and oxygen atoms in total. The summed E-state index contributed by atoms with van der Waals surface area (Å²) in [5, 5.41) is 13.5. The molecule has 3 rings (SSSR count). The molecule has 1 unspecified atom stereocenters. The van der Waals surface area contributed by atoms with Crippen molar-refractivity contribution in [3.63, 3.8) is 0 Å². The second-order valence-corrected chi connectivity index (χ2v) is 5.23. The van der Waals surface area contributed by atoms with Gasteiger partial charge in [0.15, 0.2) is 11.4 Å². The first kappa shape index (κ1) is 13.7. The van der Waals surface area contributed by atoms with Crippen LogP contribution in [0.3, 0.4) is 0 Å². The minimum atomic E-state index is -1.96. The number of fused-ring (bicyclic) bond motifs is 1. The van der Waals surface area contributed by atoms with Crippen LogP contribution in [-0.2, 0) is 10.4 Å². The van der Waals surface area contributed by atoms with E-state index in [0.29, 0.717) is 11.3 Å². The van der Waals surface area contributed by atoms with Crippen LogP contribution < -0.4 is 5.32 Å². The molecule has 0 fully saturated rings. The Balaban J connectivity index is 1.99. The summed E-state index contributed by atoms with van der Waals surface area (Å²) in [6.45, 7) is 0. The van der Waals surface area contributed by atoms with Crippen molar-refractivity contribution in [1.29, 1.82) is 0 Å². The third-order valence-electron chi connectivity index (χ3n) is 3.45. The Kier molecular flexibility index (Phi) is 3.23. The van der Waals surface area contributed by atoms with E-state index < -0.39 is 11.5 Å². The molecular weight excluding hydrogens is 292 g/mol. The number of benzene rings is 1. The minimum Gasteiger partial charge on any atom is -0.375 e. The van der Waals surface area contributed by atoms with Crippen molar-refractivity contribution in [1.82, 2.24) is 4.98 Å². The number of carbonyl (C=O) groups is 2. The lowest BCUT2D eigenvalue weighted by molar-refractivity contribution is -0.133. The zero-order valence-corrected chi connectivity index (χ0v) is 11.6. The minimum absolute atomic E-state index is 0.243. The molecule has 0 radical (unpaired) electrons. The van der Waals surface area contributed by atoms with Gasteiger partial charge in [-0.1, -0.05) is 17.7 Å². The van der Waals surface area contributed by atoms with Crippen molar-refractivity contribution in [2.45, 2.75) is 12.0 Å². The number of nitrogens with zero attached hydrogens (tertiary/aromatic N) is 1. The Bertz CT molecular complexity index is 733. The van der Waals surface area contributed by atoms with Gasteiger partial charge in [-0.05, 0) is 24.3 Å². The molecule has 1 aliphatic rings. The highest BCUT2D eigenvalue weighted by molar-refractivity contribution is 6.33. The van der Waals surface area contributed by atoms with Crippen LogP contribution >= 0.6 is 11.6 Å². The Morgan fingerprint density at radius 1 is 1.33 bits per heavy atom. The summed E-state index contributed by atoms with van der Waals surface area (Å²) >= 11 is 6.07. The summed E-state index contributed by atoms with van der Waals surface area (Å²) in [7, 11) is 0. The number of Topliss-reactive ketones (excluding diaryl/α,β-unsaturated/α-hetero) is 1. The molecule has 2 heterocycles. The van der Waals surface area contributed by atoms with E-state index in [4.69, 9.17) is 11.6 Å². The number of nitrogens with one attached hydrogen (secondary N) is 1. The first-order chi connectivity index (χ1) is 10.0. The maximum absolute atomic E-state index is 12.2. The maximum Gasteiger partial charge on any atom is 0.261 e. The van der Waals surface area contributed by atoms with Gasteiger partial charge in [-0.15, -0.1) is 0 Å². The van der Waals surface area contributed by atoms with Gasteiger partial charge in [0.25, 0.3) is 5.91 Å². The number of pyridine rings is 1. The molecule has 0 bridgehead atoms. The third-order valence-corrected chi connectivity index (χ3v) is 3.77. The Morgan fingerprint density at radius 3 is 2.86 bits per heavy atom. The SMILES string of the molecule is O=C(CC1(O)C(=O)Nc2cccc(Cl)c21)c1cccnc1. The number of anilines is 1. The van der Waals surface area contributed by atoms with E-state index in [-0.39, 0.29) is 22.8 Å². The van der Waals surface area contributed by atoms with Gasteiger partial charge in [-0.3, -0.25) is 14.6 Å². The Labute approximate surface area is 125 Å². The molecule has 1 amide bonds. The molecule has 21 heavy (non-hydrogen) atoms. The molecule has 2 aromatic rings. The largest absolute Gasteiger partial charge is 0.375 e.